The lowest BCUT2D eigenvalue weighted by atomic mass is 9.92. The standard InChI is InChI=1S/C18H21F2N3O2/c1-22(15-4-3-5-16-13(15)11-21-23(16)2)18(24)8-9-25-17-10-12(19)6-7-14(17)20/h6-7,10-11,15H,3-5,8-9H2,1-2H3/t15-/m1/s1. The van der Waals surface area contributed by atoms with Crippen molar-refractivity contribution >= 4 is 5.91 Å². The molecular formula is C18H21F2N3O2. The summed E-state index contributed by atoms with van der Waals surface area (Å²) >= 11 is 0. The van der Waals surface area contributed by atoms with Gasteiger partial charge in [0.15, 0.2) is 11.6 Å². The van der Waals surface area contributed by atoms with E-state index in [1.807, 2.05) is 17.9 Å². The van der Waals surface area contributed by atoms with Crippen LogP contribution in [0.15, 0.2) is 24.4 Å². The van der Waals surface area contributed by atoms with Crippen LogP contribution >= 0.6 is 0 Å². The molecule has 1 aliphatic carbocycles. The molecule has 0 radical (unpaired) electrons. The second kappa shape index (κ2) is 7.21. The monoisotopic (exact) mass is 349 g/mol. The summed E-state index contributed by atoms with van der Waals surface area (Å²) in [5, 5.41) is 4.29. The van der Waals surface area contributed by atoms with Gasteiger partial charge in [0, 0.05) is 31.4 Å². The lowest BCUT2D eigenvalue weighted by molar-refractivity contribution is -0.133. The molecule has 1 aliphatic rings. The third-order valence-electron chi connectivity index (χ3n) is 4.67. The Hall–Kier alpha value is -2.44. The van der Waals surface area contributed by atoms with Gasteiger partial charge in [0.2, 0.25) is 5.91 Å². The summed E-state index contributed by atoms with van der Waals surface area (Å²) in [6, 6.07) is 3.00. The number of ether oxygens (including phenoxy) is 1. The molecule has 7 heteroatoms. The van der Waals surface area contributed by atoms with E-state index >= 15 is 0 Å². The van der Waals surface area contributed by atoms with E-state index in [1.54, 1.807) is 11.9 Å². The molecule has 25 heavy (non-hydrogen) atoms. The Morgan fingerprint density at radius 3 is 3.04 bits per heavy atom. The highest BCUT2D eigenvalue weighted by Gasteiger charge is 2.28. The Kier molecular flexibility index (Phi) is 5.01. The van der Waals surface area contributed by atoms with E-state index in [-0.39, 0.29) is 30.7 Å². The minimum absolute atomic E-state index is 0.00381. The van der Waals surface area contributed by atoms with Crippen LogP contribution in [0.25, 0.3) is 0 Å². The quantitative estimate of drug-likeness (QED) is 0.834. The van der Waals surface area contributed by atoms with Crippen molar-refractivity contribution in [1.29, 1.82) is 0 Å². The fraction of sp³-hybridized carbons (Fsp3) is 0.444. The second-order valence-corrected chi connectivity index (χ2v) is 6.26. The summed E-state index contributed by atoms with van der Waals surface area (Å²) in [7, 11) is 3.67. The molecule has 0 N–H and O–H groups in total. The van der Waals surface area contributed by atoms with Crippen LogP contribution in [0.1, 0.15) is 36.6 Å². The molecule has 5 nitrogen and oxygen atoms in total. The van der Waals surface area contributed by atoms with Crippen LogP contribution in [-0.4, -0.2) is 34.2 Å². The normalized spacial score (nSPS) is 16.4. The Morgan fingerprint density at radius 2 is 2.24 bits per heavy atom. The Labute approximate surface area is 145 Å². The summed E-state index contributed by atoms with van der Waals surface area (Å²) in [6.07, 6.45) is 4.77. The van der Waals surface area contributed by atoms with Crippen LogP contribution in [0.3, 0.4) is 0 Å². The molecule has 0 fully saturated rings. The third kappa shape index (κ3) is 3.65. The van der Waals surface area contributed by atoms with Crippen molar-refractivity contribution in [3.8, 4) is 5.75 Å². The fourth-order valence-corrected chi connectivity index (χ4v) is 3.27. The second-order valence-electron chi connectivity index (χ2n) is 6.26. The maximum absolute atomic E-state index is 13.5. The number of fused-ring (bicyclic) bond motifs is 1. The van der Waals surface area contributed by atoms with E-state index in [2.05, 4.69) is 5.10 Å². The number of carbonyl (C=O) groups is 1. The third-order valence-corrected chi connectivity index (χ3v) is 4.67. The van der Waals surface area contributed by atoms with E-state index in [4.69, 9.17) is 4.74 Å². The van der Waals surface area contributed by atoms with Crippen LogP contribution in [0.2, 0.25) is 0 Å². The lowest BCUT2D eigenvalue weighted by Crippen LogP contribution is -2.34. The van der Waals surface area contributed by atoms with Gasteiger partial charge in [0.05, 0.1) is 25.3 Å². The maximum atomic E-state index is 13.5. The SMILES string of the molecule is CN(C(=O)CCOc1cc(F)ccc1F)[C@@H]1CCCc2c1cnn2C. The van der Waals surface area contributed by atoms with Gasteiger partial charge >= 0.3 is 0 Å². The first-order chi connectivity index (χ1) is 12.0. The molecule has 1 aromatic carbocycles. The first-order valence-electron chi connectivity index (χ1n) is 8.31. The van der Waals surface area contributed by atoms with Crippen LogP contribution in [-0.2, 0) is 18.3 Å². The summed E-state index contributed by atoms with van der Waals surface area (Å²) < 4.78 is 33.7. The van der Waals surface area contributed by atoms with Gasteiger partial charge in [-0.05, 0) is 31.4 Å². The highest BCUT2D eigenvalue weighted by Crippen LogP contribution is 2.33. The summed E-state index contributed by atoms with van der Waals surface area (Å²) in [4.78, 5) is 14.2. The lowest BCUT2D eigenvalue weighted by Gasteiger charge is -2.31. The van der Waals surface area contributed by atoms with Crippen molar-refractivity contribution < 1.29 is 18.3 Å². The molecule has 0 spiro atoms. The number of hydrogen-bond donors (Lipinski definition) is 0. The number of aromatic nitrogens is 2. The van der Waals surface area contributed by atoms with Gasteiger partial charge in [-0.25, -0.2) is 8.78 Å². The molecule has 1 amide bonds. The van der Waals surface area contributed by atoms with E-state index in [0.29, 0.717) is 0 Å². The molecule has 1 atom stereocenters. The smallest absolute Gasteiger partial charge is 0.226 e. The molecule has 0 saturated carbocycles. The van der Waals surface area contributed by atoms with E-state index < -0.39 is 11.6 Å². The summed E-state index contributed by atoms with van der Waals surface area (Å²) in [6.45, 7) is -0.00381. The predicted octanol–water partition coefficient (Wildman–Crippen LogP) is 3.00. The number of hydrogen-bond acceptors (Lipinski definition) is 3. The van der Waals surface area contributed by atoms with Gasteiger partial charge in [-0.3, -0.25) is 9.48 Å². The average molecular weight is 349 g/mol. The van der Waals surface area contributed by atoms with Gasteiger partial charge in [0.25, 0.3) is 0 Å². The van der Waals surface area contributed by atoms with Crippen LogP contribution < -0.4 is 4.74 Å². The molecule has 0 unspecified atom stereocenters. The minimum atomic E-state index is -0.644. The van der Waals surface area contributed by atoms with Crippen LogP contribution in [0.5, 0.6) is 5.75 Å². The highest BCUT2D eigenvalue weighted by molar-refractivity contribution is 5.76. The van der Waals surface area contributed by atoms with Gasteiger partial charge in [-0.15, -0.1) is 0 Å². The summed E-state index contributed by atoms with van der Waals surface area (Å²) in [5.74, 6) is -1.50. The van der Waals surface area contributed by atoms with Gasteiger partial charge in [-0.1, -0.05) is 0 Å². The van der Waals surface area contributed by atoms with Gasteiger partial charge < -0.3 is 9.64 Å². The Bertz CT molecular complexity index is 776. The van der Waals surface area contributed by atoms with E-state index in [0.717, 1.165) is 48.7 Å². The highest BCUT2D eigenvalue weighted by atomic mass is 19.1. The zero-order valence-electron chi connectivity index (χ0n) is 14.3. The van der Waals surface area contributed by atoms with Crippen molar-refractivity contribution in [2.24, 2.45) is 7.05 Å². The van der Waals surface area contributed by atoms with Crippen LogP contribution in [0, 0.1) is 11.6 Å². The van der Waals surface area contributed by atoms with Crippen molar-refractivity contribution in [3.05, 3.63) is 47.3 Å². The van der Waals surface area contributed by atoms with Gasteiger partial charge in [-0.2, -0.15) is 5.10 Å². The number of nitrogens with zero attached hydrogens (tertiary/aromatic N) is 3. The molecular weight excluding hydrogens is 328 g/mol. The molecule has 134 valence electrons. The van der Waals surface area contributed by atoms with Gasteiger partial charge in [0.1, 0.15) is 5.82 Å². The van der Waals surface area contributed by atoms with Crippen molar-refractivity contribution in [3.63, 3.8) is 0 Å². The molecule has 1 heterocycles. The number of amides is 1. The molecule has 0 bridgehead atoms. The molecule has 1 aromatic heterocycles. The number of carbonyl (C=O) groups excluding carboxylic acids is 1. The van der Waals surface area contributed by atoms with Crippen molar-refractivity contribution in [2.45, 2.75) is 31.7 Å². The summed E-state index contributed by atoms with van der Waals surface area (Å²) in [5.41, 5.74) is 2.25. The Balaban J connectivity index is 1.59. The topological polar surface area (TPSA) is 47.4 Å². The zero-order chi connectivity index (χ0) is 18.0. The van der Waals surface area contributed by atoms with Crippen molar-refractivity contribution in [1.82, 2.24) is 14.7 Å². The zero-order valence-corrected chi connectivity index (χ0v) is 14.3. The molecule has 0 saturated heterocycles. The predicted molar refractivity (Wildman–Crippen MR) is 88.1 cm³/mol. The van der Waals surface area contributed by atoms with Crippen molar-refractivity contribution in [2.75, 3.05) is 13.7 Å². The molecule has 3 rings (SSSR count). The number of benzene rings is 1. The average Bonchev–Trinajstić information content (AvgIpc) is 2.98. The fourth-order valence-electron chi connectivity index (χ4n) is 3.27. The maximum Gasteiger partial charge on any atom is 0.226 e. The first-order valence-corrected chi connectivity index (χ1v) is 8.31. The Morgan fingerprint density at radius 1 is 1.44 bits per heavy atom. The number of halogens is 2. The largest absolute Gasteiger partial charge is 0.490 e. The molecule has 2 aromatic rings. The number of aryl methyl sites for hydroxylation is 1. The minimum Gasteiger partial charge on any atom is -0.490 e. The van der Waals surface area contributed by atoms with E-state index in [1.165, 1.54) is 0 Å². The number of rotatable bonds is 5. The molecule has 0 aliphatic heterocycles. The first kappa shape index (κ1) is 17.4. The van der Waals surface area contributed by atoms with Crippen LogP contribution in [0.4, 0.5) is 8.78 Å². The van der Waals surface area contributed by atoms with E-state index in [9.17, 15) is 13.6 Å².